The molecular formula is C21H29N5O2. The lowest BCUT2D eigenvalue weighted by Crippen LogP contribution is -2.40. The number of piperidine rings is 1. The molecule has 1 saturated carbocycles. The molecule has 3 heterocycles. The summed E-state index contributed by atoms with van der Waals surface area (Å²) < 4.78 is 1.89. The van der Waals surface area contributed by atoms with Gasteiger partial charge in [-0.1, -0.05) is 12.8 Å². The molecule has 2 aromatic rings. The maximum absolute atomic E-state index is 12.8. The Morgan fingerprint density at radius 1 is 1.14 bits per heavy atom. The summed E-state index contributed by atoms with van der Waals surface area (Å²) in [7, 11) is 3.62. The van der Waals surface area contributed by atoms with E-state index in [0.717, 1.165) is 68.2 Å². The molecule has 1 aliphatic heterocycles. The molecule has 7 heteroatoms. The van der Waals surface area contributed by atoms with Gasteiger partial charge in [0.25, 0.3) is 5.56 Å². The van der Waals surface area contributed by atoms with E-state index in [0.29, 0.717) is 5.95 Å². The molecule has 2 fully saturated rings. The fourth-order valence-electron chi connectivity index (χ4n) is 4.62. The molecule has 1 aliphatic carbocycles. The highest BCUT2D eigenvalue weighted by Crippen LogP contribution is 2.31. The van der Waals surface area contributed by atoms with E-state index in [-0.39, 0.29) is 23.4 Å². The highest BCUT2D eigenvalue weighted by molar-refractivity contribution is 5.80. The minimum atomic E-state index is 0.0387. The normalized spacial score (nSPS) is 18.8. The summed E-state index contributed by atoms with van der Waals surface area (Å²) in [6.07, 6.45) is 7.87. The van der Waals surface area contributed by atoms with Crippen molar-refractivity contribution in [2.45, 2.75) is 51.5 Å². The number of anilines is 1. The average Bonchev–Trinajstić information content (AvgIpc) is 3.21. The maximum atomic E-state index is 12.8. The summed E-state index contributed by atoms with van der Waals surface area (Å²) in [6.45, 7) is 3.47. The van der Waals surface area contributed by atoms with Crippen LogP contribution >= 0.6 is 0 Å². The lowest BCUT2D eigenvalue weighted by molar-refractivity contribution is -0.133. The van der Waals surface area contributed by atoms with Gasteiger partial charge in [-0.05, 0) is 38.2 Å². The Labute approximate surface area is 165 Å². The molecule has 0 radical (unpaired) electrons. The number of fused-ring (bicyclic) bond motifs is 1. The summed E-state index contributed by atoms with van der Waals surface area (Å²) >= 11 is 0. The van der Waals surface area contributed by atoms with E-state index in [9.17, 15) is 9.59 Å². The maximum Gasteiger partial charge on any atom is 0.252 e. The number of aryl methyl sites for hydroxylation is 1. The SMILES string of the molecule is Cc1cc(=O)n(C2CCCC2)c2nc(N3CCC(C(=O)N(C)C)CC3)ncc12. The summed E-state index contributed by atoms with van der Waals surface area (Å²) in [5.41, 5.74) is 1.72. The van der Waals surface area contributed by atoms with E-state index >= 15 is 0 Å². The Kier molecular flexibility index (Phi) is 5.08. The van der Waals surface area contributed by atoms with Gasteiger partial charge < -0.3 is 9.80 Å². The van der Waals surface area contributed by atoms with Gasteiger partial charge in [-0.2, -0.15) is 4.98 Å². The van der Waals surface area contributed by atoms with Crippen molar-refractivity contribution in [1.82, 2.24) is 19.4 Å². The van der Waals surface area contributed by atoms with Crippen LogP contribution in [0.3, 0.4) is 0 Å². The zero-order valence-electron chi connectivity index (χ0n) is 17.0. The van der Waals surface area contributed by atoms with E-state index in [4.69, 9.17) is 4.98 Å². The van der Waals surface area contributed by atoms with E-state index in [1.54, 1.807) is 11.0 Å². The second kappa shape index (κ2) is 7.53. The Morgan fingerprint density at radius 3 is 2.46 bits per heavy atom. The zero-order valence-corrected chi connectivity index (χ0v) is 17.0. The van der Waals surface area contributed by atoms with Crippen LogP contribution in [0.4, 0.5) is 5.95 Å². The van der Waals surface area contributed by atoms with Crippen molar-refractivity contribution in [3.05, 3.63) is 28.2 Å². The molecule has 28 heavy (non-hydrogen) atoms. The van der Waals surface area contributed by atoms with Gasteiger partial charge in [0, 0.05) is 56.8 Å². The highest BCUT2D eigenvalue weighted by Gasteiger charge is 2.28. The fraction of sp³-hybridized carbons (Fsp3) is 0.619. The number of nitrogens with zero attached hydrogens (tertiary/aromatic N) is 5. The first-order valence-electron chi connectivity index (χ1n) is 10.3. The van der Waals surface area contributed by atoms with Crippen molar-refractivity contribution in [2.75, 3.05) is 32.1 Å². The minimum Gasteiger partial charge on any atom is -0.349 e. The van der Waals surface area contributed by atoms with Crippen LogP contribution in [0.25, 0.3) is 11.0 Å². The van der Waals surface area contributed by atoms with Crippen LogP contribution in [-0.4, -0.2) is 52.5 Å². The van der Waals surface area contributed by atoms with E-state index in [2.05, 4.69) is 9.88 Å². The van der Waals surface area contributed by atoms with Crippen LogP contribution in [-0.2, 0) is 4.79 Å². The summed E-state index contributed by atoms with van der Waals surface area (Å²) in [6, 6.07) is 1.95. The van der Waals surface area contributed by atoms with Crippen molar-refractivity contribution in [1.29, 1.82) is 0 Å². The van der Waals surface area contributed by atoms with Crippen molar-refractivity contribution >= 4 is 22.9 Å². The van der Waals surface area contributed by atoms with Crippen LogP contribution in [0, 0.1) is 12.8 Å². The van der Waals surface area contributed by atoms with Crippen LogP contribution in [0.15, 0.2) is 17.1 Å². The smallest absolute Gasteiger partial charge is 0.252 e. The summed E-state index contributed by atoms with van der Waals surface area (Å²) in [5, 5.41) is 0.952. The number of hydrogen-bond acceptors (Lipinski definition) is 5. The van der Waals surface area contributed by atoms with Crippen molar-refractivity contribution in [3.8, 4) is 0 Å². The summed E-state index contributed by atoms with van der Waals surface area (Å²) in [5.74, 6) is 0.940. The molecule has 0 bridgehead atoms. The molecule has 0 N–H and O–H groups in total. The number of hydrogen-bond donors (Lipinski definition) is 0. The average molecular weight is 383 g/mol. The van der Waals surface area contributed by atoms with Gasteiger partial charge >= 0.3 is 0 Å². The molecule has 2 aromatic heterocycles. The topological polar surface area (TPSA) is 71.3 Å². The Bertz CT molecular complexity index is 938. The molecule has 4 rings (SSSR count). The zero-order chi connectivity index (χ0) is 19.8. The lowest BCUT2D eigenvalue weighted by atomic mass is 9.96. The van der Waals surface area contributed by atoms with Gasteiger partial charge in [-0.25, -0.2) is 4.98 Å². The standard InChI is InChI=1S/C21H29N5O2/c1-14-12-18(27)26(16-6-4-5-7-16)19-17(14)13-22-21(23-19)25-10-8-15(9-11-25)20(28)24(2)3/h12-13,15-16H,4-11H2,1-3H3. The molecular weight excluding hydrogens is 354 g/mol. The van der Waals surface area contributed by atoms with Crippen molar-refractivity contribution in [3.63, 3.8) is 0 Å². The predicted octanol–water partition coefficient (Wildman–Crippen LogP) is 2.52. The fourth-order valence-corrected chi connectivity index (χ4v) is 4.62. The molecule has 0 unspecified atom stereocenters. The van der Waals surface area contributed by atoms with Crippen LogP contribution in [0.5, 0.6) is 0 Å². The van der Waals surface area contributed by atoms with E-state index in [1.165, 1.54) is 0 Å². The monoisotopic (exact) mass is 383 g/mol. The van der Waals surface area contributed by atoms with Crippen molar-refractivity contribution in [2.24, 2.45) is 5.92 Å². The van der Waals surface area contributed by atoms with Crippen molar-refractivity contribution < 1.29 is 4.79 Å². The molecule has 0 spiro atoms. The molecule has 7 nitrogen and oxygen atoms in total. The lowest BCUT2D eigenvalue weighted by Gasteiger charge is -2.32. The molecule has 1 saturated heterocycles. The van der Waals surface area contributed by atoms with Gasteiger partial charge in [0.15, 0.2) is 0 Å². The Hall–Kier alpha value is -2.44. The van der Waals surface area contributed by atoms with Crippen LogP contribution < -0.4 is 10.5 Å². The van der Waals surface area contributed by atoms with Gasteiger partial charge in [0.05, 0.1) is 0 Å². The number of pyridine rings is 1. The first-order valence-corrected chi connectivity index (χ1v) is 10.3. The number of amides is 1. The van der Waals surface area contributed by atoms with E-state index < -0.39 is 0 Å². The first-order chi connectivity index (χ1) is 13.5. The Morgan fingerprint density at radius 2 is 1.82 bits per heavy atom. The number of carbonyl (C=O) groups is 1. The second-order valence-corrected chi connectivity index (χ2v) is 8.38. The highest BCUT2D eigenvalue weighted by atomic mass is 16.2. The largest absolute Gasteiger partial charge is 0.349 e. The molecule has 2 aliphatic rings. The molecule has 1 amide bonds. The third kappa shape index (κ3) is 3.38. The van der Waals surface area contributed by atoms with Gasteiger partial charge in [-0.3, -0.25) is 14.2 Å². The summed E-state index contributed by atoms with van der Waals surface area (Å²) in [4.78, 5) is 38.2. The molecule has 150 valence electrons. The quantitative estimate of drug-likeness (QED) is 0.814. The van der Waals surface area contributed by atoms with Gasteiger partial charge in [-0.15, -0.1) is 0 Å². The van der Waals surface area contributed by atoms with Gasteiger partial charge in [0.1, 0.15) is 5.65 Å². The Balaban J connectivity index is 1.65. The second-order valence-electron chi connectivity index (χ2n) is 8.38. The third-order valence-electron chi connectivity index (χ3n) is 6.24. The van der Waals surface area contributed by atoms with Crippen LogP contribution in [0.2, 0.25) is 0 Å². The minimum absolute atomic E-state index is 0.0387. The van der Waals surface area contributed by atoms with Crippen LogP contribution in [0.1, 0.15) is 50.1 Å². The molecule has 0 aromatic carbocycles. The van der Waals surface area contributed by atoms with Gasteiger partial charge in [0.2, 0.25) is 11.9 Å². The molecule has 0 atom stereocenters. The number of aromatic nitrogens is 3. The first kappa shape index (κ1) is 18.9. The van der Waals surface area contributed by atoms with E-state index in [1.807, 2.05) is 31.8 Å². The number of rotatable bonds is 3. The third-order valence-corrected chi connectivity index (χ3v) is 6.24. The predicted molar refractivity (Wildman–Crippen MR) is 110 cm³/mol. The number of carbonyl (C=O) groups excluding carboxylic acids is 1.